The topological polar surface area (TPSA) is 51.7 Å². The van der Waals surface area contributed by atoms with E-state index in [0.29, 0.717) is 11.3 Å². The molecule has 26 heavy (non-hydrogen) atoms. The van der Waals surface area contributed by atoms with Crippen molar-refractivity contribution < 1.29 is 14.3 Å². The molecule has 0 bridgehead atoms. The van der Waals surface area contributed by atoms with Gasteiger partial charge in [-0.3, -0.25) is 0 Å². The molecule has 1 aliphatic rings. The van der Waals surface area contributed by atoms with Crippen molar-refractivity contribution in [3.63, 3.8) is 0 Å². The smallest absolute Gasteiger partial charge is 0.340 e. The first kappa shape index (κ1) is 17.8. The van der Waals surface area contributed by atoms with Crippen molar-refractivity contribution >= 4 is 11.8 Å². The maximum atomic E-state index is 12.2. The molecule has 2 aromatic rings. The van der Waals surface area contributed by atoms with E-state index < -0.39 is 0 Å². The van der Waals surface area contributed by atoms with Crippen molar-refractivity contribution in [2.75, 3.05) is 18.0 Å². The van der Waals surface area contributed by atoms with Gasteiger partial charge in [-0.2, -0.15) is 0 Å². The second kappa shape index (κ2) is 8.39. The fourth-order valence-electron chi connectivity index (χ4n) is 2.77. The summed E-state index contributed by atoms with van der Waals surface area (Å²) in [5.41, 5.74) is 1.33. The highest BCUT2D eigenvalue weighted by Crippen LogP contribution is 2.18. The Morgan fingerprint density at radius 2 is 1.96 bits per heavy atom. The first-order valence-electron chi connectivity index (χ1n) is 8.75. The van der Waals surface area contributed by atoms with Gasteiger partial charge >= 0.3 is 5.97 Å². The van der Waals surface area contributed by atoms with Crippen LogP contribution in [0.15, 0.2) is 42.6 Å². The molecule has 0 N–H and O–H groups in total. The molecule has 3 rings (SSSR count). The fraction of sp³-hybridized carbons (Fsp3) is 0.333. The summed E-state index contributed by atoms with van der Waals surface area (Å²) in [7, 11) is 0. The molecule has 0 radical (unpaired) electrons. The van der Waals surface area contributed by atoms with Gasteiger partial charge in [-0.05, 0) is 49.6 Å². The van der Waals surface area contributed by atoms with E-state index in [-0.39, 0.29) is 18.7 Å². The van der Waals surface area contributed by atoms with Crippen LogP contribution in [-0.2, 0) is 11.3 Å². The average molecular weight is 350 g/mol. The lowest BCUT2D eigenvalue weighted by molar-refractivity contribution is 0.0472. The van der Waals surface area contributed by atoms with Crippen LogP contribution < -0.4 is 9.64 Å². The van der Waals surface area contributed by atoms with Gasteiger partial charge in [0.05, 0.1) is 5.56 Å². The highest BCUT2D eigenvalue weighted by molar-refractivity contribution is 5.89. The number of anilines is 1. The number of aromatic nitrogens is 1. The minimum atomic E-state index is -0.383. The number of rotatable bonds is 6. The molecule has 1 aromatic heterocycles. The molecule has 0 amide bonds. The number of benzene rings is 1. The minimum Gasteiger partial charge on any atom is -0.478 e. The van der Waals surface area contributed by atoms with Crippen molar-refractivity contribution in [3.05, 3.63) is 53.7 Å². The van der Waals surface area contributed by atoms with Crippen molar-refractivity contribution in [1.82, 2.24) is 4.98 Å². The van der Waals surface area contributed by atoms with Crippen LogP contribution in [-0.4, -0.2) is 30.1 Å². The Labute approximate surface area is 153 Å². The molecule has 1 aromatic carbocycles. The van der Waals surface area contributed by atoms with Gasteiger partial charge in [0.25, 0.3) is 0 Å². The Balaban J connectivity index is 1.52. The van der Waals surface area contributed by atoms with Crippen molar-refractivity contribution in [3.8, 4) is 18.1 Å². The van der Waals surface area contributed by atoms with Crippen molar-refractivity contribution in [2.24, 2.45) is 0 Å². The summed E-state index contributed by atoms with van der Waals surface area (Å²) in [5.74, 6) is 3.72. The number of ether oxygens (including phenoxy) is 2. The molecule has 1 aliphatic heterocycles. The molecule has 134 valence electrons. The molecular formula is C21H22N2O3. The molecule has 2 heterocycles. The number of carbonyl (C=O) groups excluding carboxylic acids is 1. The summed E-state index contributed by atoms with van der Waals surface area (Å²) in [4.78, 5) is 18.8. The van der Waals surface area contributed by atoms with Gasteiger partial charge in [-0.15, -0.1) is 6.42 Å². The minimum absolute atomic E-state index is 0.192. The number of hydrogen-bond donors (Lipinski definition) is 0. The Morgan fingerprint density at radius 3 is 2.58 bits per heavy atom. The third kappa shape index (κ3) is 4.54. The first-order chi connectivity index (χ1) is 12.7. The standard InChI is InChI=1S/C21H22N2O3/c1-3-16(2)26-19-9-6-17(7-10-19)15-25-21(24)18-8-11-20(22-14-18)23-12-4-5-13-23/h1,6-11,14,16H,4-5,12-13,15H2,2H3/t16-/m0/s1. The van der Waals surface area contributed by atoms with E-state index in [4.69, 9.17) is 15.9 Å². The third-order valence-electron chi connectivity index (χ3n) is 4.25. The van der Waals surface area contributed by atoms with Crippen LogP contribution in [0.4, 0.5) is 5.82 Å². The van der Waals surface area contributed by atoms with Crippen LogP contribution in [0.1, 0.15) is 35.7 Å². The number of terminal acetylenes is 1. The second-order valence-corrected chi connectivity index (χ2v) is 6.25. The fourth-order valence-corrected chi connectivity index (χ4v) is 2.77. The van der Waals surface area contributed by atoms with E-state index in [2.05, 4.69) is 15.8 Å². The maximum Gasteiger partial charge on any atom is 0.340 e. The van der Waals surface area contributed by atoms with Crippen LogP contribution in [0.2, 0.25) is 0 Å². The Morgan fingerprint density at radius 1 is 1.23 bits per heavy atom. The zero-order valence-corrected chi connectivity index (χ0v) is 14.9. The van der Waals surface area contributed by atoms with Gasteiger partial charge in [-0.25, -0.2) is 9.78 Å². The Bertz CT molecular complexity index is 772. The zero-order valence-electron chi connectivity index (χ0n) is 14.9. The van der Waals surface area contributed by atoms with Gasteiger partial charge in [0, 0.05) is 19.3 Å². The molecule has 0 unspecified atom stereocenters. The Kier molecular flexibility index (Phi) is 5.75. The monoisotopic (exact) mass is 350 g/mol. The normalized spacial score (nSPS) is 14.5. The van der Waals surface area contributed by atoms with E-state index in [1.54, 1.807) is 19.2 Å². The largest absolute Gasteiger partial charge is 0.478 e. The van der Waals surface area contributed by atoms with Gasteiger partial charge in [0.15, 0.2) is 6.10 Å². The zero-order chi connectivity index (χ0) is 18.4. The highest BCUT2D eigenvalue weighted by atomic mass is 16.5. The number of hydrogen-bond acceptors (Lipinski definition) is 5. The number of nitrogens with zero attached hydrogens (tertiary/aromatic N) is 2. The predicted molar refractivity (Wildman–Crippen MR) is 100 cm³/mol. The van der Waals surface area contributed by atoms with Gasteiger partial charge in [-0.1, -0.05) is 18.1 Å². The van der Waals surface area contributed by atoms with Crippen LogP contribution in [0.3, 0.4) is 0 Å². The lowest BCUT2D eigenvalue weighted by Crippen LogP contribution is -2.19. The summed E-state index contributed by atoms with van der Waals surface area (Å²) in [6.07, 6.45) is 8.97. The Hall–Kier alpha value is -3.00. The molecule has 0 aliphatic carbocycles. The van der Waals surface area contributed by atoms with Crippen LogP contribution >= 0.6 is 0 Å². The van der Waals surface area contributed by atoms with E-state index in [1.165, 1.54) is 12.8 Å². The summed E-state index contributed by atoms with van der Waals surface area (Å²) < 4.78 is 10.9. The molecule has 5 heteroatoms. The van der Waals surface area contributed by atoms with E-state index in [9.17, 15) is 4.79 Å². The summed E-state index contributed by atoms with van der Waals surface area (Å²) in [6.45, 7) is 4.05. The molecule has 1 fully saturated rings. The first-order valence-corrected chi connectivity index (χ1v) is 8.75. The lowest BCUT2D eigenvalue weighted by atomic mass is 10.2. The average Bonchev–Trinajstić information content (AvgIpc) is 3.22. The van der Waals surface area contributed by atoms with E-state index in [1.807, 2.05) is 30.3 Å². The van der Waals surface area contributed by atoms with Crippen LogP contribution in [0.5, 0.6) is 5.75 Å². The van der Waals surface area contributed by atoms with Crippen molar-refractivity contribution in [2.45, 2.75) is 32.5 Å². The van der Waals surface area contributed by atoms with Crippen LogP contribution in [0.25, 0.3) is 0 Å². The molecule has 1 atom stereocenters. The maximum absolute atomic E-state index is 12.2. The van der Waals surface area contributed by atoms with Gasteiger partial charge in [0.2, 0.25) is 0 Å². The number of esters is 1. The molecule has 5 nitrogen and oxygen atoms in total. The lowest BCUT2D eigenvalue weighted by Gasteiger charge is -2.16. The molecule has 0 spiro atoms. The predicted octanol–water partition coefficient (Wildman–Crippen LogP) is 3.44. The summed E-state index contributed by atoms with van der Waals surface area (Å²) in [5, 5.41) is 0. The quantitative estimate of drug-likeness (QED) is 0.590. The SMILES string of the molecule is C#C[C@H](C)Oc1ccc(COC(=O)c2ccc(N3CCCC3)nc2)cc1. The van der Waals surface area contributed by atoms with Gasteiger partial charge < -0.3 is 14.4 Å². The number of carbonyl (C=O) groups is 1. The molecule has 0 saturated carbocycles. The van der Waals surface area contributed by atoms with E-state index >= 15 is 0 Å². The molecular weight excluding hydrogens is 328 g/mol. The van der Waals surface area contributed by atoms with Crippen molar-refractivity contribution in [1.29, 1.82) is 0 Å². The summed E-state index contributed by atoms with van der Waals surface area (Å²) in [6, 6.07) is 11.0. The van der Waals surface area contributed by atoms with Crippen LogP contribution in [0, 0.1) is 12.3 Å². The number of pyridine rings is 1. The molecule has 1 saturated heterocycles. The highest BCUT2D eigenvalue weighted by Gasteiger charge is 2.14. The van der Waals surface area contributed by atoms with E-state index in [0.717, 1.165) is 24.5 Å². The van der Waals surface area contributed by atoms with Gasteiger partial charge in [0.1, 0.15) is 18.2 Å². The summed E-state index contributed by atoms with van der Waals surface area (Å²) >= 11 is 0. The third-order valence-corrected chi connectivity index (χ3v) is 4.25. The second-order valence-electron chi connectivity index (χ2n) is 6.25.